The zero-order valence-electron chi connectivity index (χ0n) is 9.64. The number of aryl methyl sites for hydroxylation is 1. The topological polar surface area (TPSA) is 29.0 Å². The van der Waals surface area contributed by atoms with Crippen LogP contribution < -0.4 is 4.90 Å². The normalized spacial score (nSPS) is 10.5. The molecule has 0 fully saturated rings. The summed E-state index contributed by atoms with van der Waals surface area (Å²) in [5, 5.41) is 11.2. The molecule has 1 aromatic heterocycles. The second kappa shape index (κ2) is 6.12. The van der Waals surface area contributed by atoms with Gasteiger partial charge in [0.1, 0.15) is 5.01 Å². The van der Waals surface area contributed by atoms with Crippen molar-refractivity contribution in [3.05, 3.63) is 40.9 Å². The van der Waals surface area contributed by atoms with E-state index in [0.717, 1.165) is 28.6 Å². The lowest BCUT2D eigenvalue weighted by molar-refractivity contribution is 0.821. The first-order valence-electron chi connectivity index (χ1n) is 5.44. The van der Waals surface area contributed by atoms with Crippen LogP contribution in [0.2, 0.25) is 0 Å². The molecule has 0 spiro atoms. The van der Waals surface area contributed by atoms with Crippen LogP contribution >= 0.6 is 27.3 Å². The predicted molar refractivity (Wildman–Crippen MR) is 75.9 cm³/mol. The predicted octanol–water partition coefficient (Wildman–Crippen LogP) is 3.25. The fourth-order valence-corrected chi connectivity index (χ4v) is 2.70. The molecule has 0 amide bonds. The monoisotopic (exact) mass is 311 g/mol. The third-order valence-corrected chi connectivity index (χ3v) is 3.61. The first kappa shape index (κ1) is 12.5. The van der Waals surface area contributed by atoms with Crippen molar-refractivity contribution >= 4 is 32.4 Å². The summed E-state index contributed by atoms with van der Waals surface area (Å²) in [7, 11) is 0. The quantitative estimate of drug-likeness (QED) is 0.794. The number of nitrogens with zero attached hydrogens (tertiary/aromatic N) is 3. The van der Waals surface area contributed by atoms with E-state index in [1.807, 2.05) is 13.0 Å². The van der Waals surface area contributed by atoms with Crippen LogP contribution in [0, 0.1) is 6.92 Å². The molecule has 0 radical (unpaired) electrons. The molecule has 3 nitrogen and oxygen atoms in total. The van der Waals surface area contributed by atoms with Gasteiger partial charge in [-0.05, 0) is 12.5 Å². The van der Waals surface area contributed by atoms with Crippen molar-refractivity contribution < 1.29 is 0 Å². The Bertz CT molecular complexity index is 458. The minimum Gasteiger partial charge on any atom is -0.341 e. The molecule has 0 saturated carbocycles. The second-order valence-corrected chi connectivity index (χ2v) is 5.65. The van der Waals surface area contributed by atoms with Gasteiger partial charge in [-0.2, -0.15) is 0 Å². The van der Waals surface area contributed by atoms with E-state index in [9.17, 15) is 0 Å². The zero-order valence-corrected chi connectivity index (χ0v) is 12.0. The highest BCUT2D eigenvalue weighted by molar-refractivity contribution is 9.09. The second-order valence-electron chi connectivity index (χ2n) is 3.70. The fourth-order valence-electron chi connectivity index (χ4n) is 1.56. The van der Waals surface area contributed by atoms with Crippen LogP contribution in [0.25, 0.3) is 0 Å². The molecule has 0 bridgehead atoms. The van der Waals surface area contributed by atoms with Crippen LogP contribution in [0.5, 0.6) is 0 Å². The Balaban J connectivity index is 2.13. The number of anilines is 1. The van der Waals surface area contributed by atoms with Crippen molar-refractivity contribution in [2.75, 3.05) is 16.8 Å². The van der Waals surface area contributed by atoms with Gasteiger partial charge in [-0.1, -0.05) is 57.6 Å². The Labute approximate surface area is 114 Å². The minimum atomic E-state index is 0.876. The van der Waals surface area contributed by atoms with Crippen LogP contribution in [0.3, 0.4) is 0 Å². The van der Waals surface area contributed by atoms with Gasteiger partial charge < -0.3 is 4.90 Å². The number of halogens is 1. The minimum absolute atomic E-state index is 0.876. The Morgan fingerprint density at radius 3 is 2.59 bits per heavy atom. The van der Waals surface area contributed by atoms with Crippen molar-refractivity contribution in [2.24, 2.45) is 0 Å². The van der Waals surface area contributed by atoms with Gasteiger partial charge in [-0.3, -0.25) is 0 Å². The molecule has 2 aromatic rings. The first-order chi connectivity index (χ1) is 8.29. The van der Waals surface area contributed by atoms with Crippen molar-refractivity contribution in [3.63, 3.8) is 0 Å². The third kappa shape index (κ3) is 3.51. The lowest BCUT2D eigenvalue weighted by Crippen LogP contribution is -2.24. The van der Waals surface area contributed by atoms with E-state index in [2.05, 4.69) is 55.3 Å². The number of aromatic nitrogens is 2. The maximum Gasteiger partial charge on any atom is 0.208 e. The summed E-state index contributed by atoms with van der Waals surface area (Å²) >= 11 is 5.12. The molecule has 0 N–H and O–H groups in total. The Morgan fingerprint density at radius 2 is 2.00 bits per heavy atom. The highest BCUT2D eigenvalue weighted by Crippen LogP contribution is 2.21. The van der Waals surface area contributed by atoms with Gasteiger partial charge in [0, 0.05) is 18.4 Å². The van der Waals surface area contributed by atoms with E-state index in [0.29, 0.717) is 0 Å². The highest BCUT2D eigenvalue weighted by Gasteiger charge is 2.11. The molecule has 0 aliphatic heterocycles. The number of hydrogen-bond acceptors (Lipinski definition) is 4. The van der Waals surface area contributed by atoms with E-state index in [-0.39, 0.29) is 0 Å². The number of rotatable bonds is 5. The van der Waals surface area contributed by atoms with Crippen LogP contribution in [-0.2, 0) is 6.54 Å². The average molecular weight is 312 g/mol. The van der Waals surface area contributed by atoms with Crippen LogP contribution in [0.4, 0.5) is 5.13 Å². The molecule has 0 atom stereocenters. The van der Waals surface area contributed by atoms with Crippen molar-refractivity contribution in [3.8, 4) is 0 Å². The molecule has 17 heavy (non-hydrogen) atoms. The molecule has 2 rings (SSSR count). The van der Waals surface area contributed by atoms with Gasteiger partial charge in [-0.25, -0.2) is 0 Å². The molecule has 1 heterocycles. The van der Waals surface area contributed by atoms with E-state index in [4.69, 9.17) is 0 Å². The van der Waals surface area contributed by atoms with Crippen LogP contribution in [0.1, 0.15) is 10.6 Å². The van der Waals surface area contributed by atoms with Crippen molar-refractivity contribution in [2.45, 2.75) is 13.5 Å². The molecule has 0 saturated heterocycles. The van der Waals surface area contributed by atoms with Crippen molar-refractivity contribution in [1.82, 2.24) is 10.2 Å². The van der Waals surface area contributed by atoms with E-state index < -0.39 is 0 Å². The smallest absolute Gasteiger partial charge is 0.208 e. The first-order valence-corrected chi connectivity index (χ1v) is 7.38. The SMILES string of the molecule is Cc1nnc(N(CCBr)Cc2ccccc2)s1. The lowest BCUT2D eigenvalue weighted by Gasteiger charge is -2.20. The van der Waals surface area contributed by atoms with Crippen molar-refractivity contribution in [1.29, 1.82) is 0 Å². The molecular weight excluding hydrogens is 298 g/mol. The molecule has 90 valence electrons. The molecule has 5 heteroatoms. The zero-order chi connectivity index (χ0) is 12.1. The summed E-state index contributed by atoms with van der Waals surface area (Å²) in [5.74, 6) is 0. The summed E-state index contributed by atoms with van der Waals surface area (Å²) in [4.78, 5) is 2.24. The maximum atomic E-state index is 4.20. The molecule has 0 aliphatic carbocycles. The Morgan fingerprint density at radius 1 is 1.24 bits per heavy atom. The standard InChI is InChI=1S/C12H14BrN3S/c1-10-14-15-12(17-10)16(8-7-13)9-11-5-3-2-4-6-11/h2-6H,7-9H2,1H3. The van der Waals surface area contributed by atoms with Gasteiger partial charge in [-0.15, -0.1) is 10.2 Å². The molecule has 1 aromatic carbocycles. The summed E-state index contributed by atoms with van der Waals surface area (Å²) < 4.78 is 0. The van der Waals surface area contributed by atoms with Crippen LogP contribution in [0.15, 0.2) is 30.3 Å². The largest absolute Gasteiger partial charge is 0.341 e. The van der Waals surface area contributed by atoms with Gasteiger partial charge in [0.25, 0.3) is 0 Å². The van der Waals surface area contributed by atoms with E-state index in [1.165, 1.54) is 5.56 Å². The summed E-state index contributed by atoms with van der Waals surface area (Å²) in [5.41, 5.74) is 1.29. The Kier molecular flexibility index (Phi) is 4.50. The van der Waals surface area contributed by atoms with Crippen LogP contribution in [-0.4, -0.2) is 22.1 Å². The van der Waals surface area contributed by atoms with Gasteiger partial charge in [0.05, 0.1) is 0 Å². The summed E-state index contributed by atoms with van der Waals surface area (Å²) in [6.07, 6.45) is 0. The molecular formula is C12H14BrN3S. The van der Waals surface area contributed by atoms with Gasteiger partial charge in [0.15, 0.2) is 0 Å². The van der Waals surface area contributed by atoms with Gasteiger partial charge in [0.2, 0.25) is 5.13 Å². The highest BCUT2D eigenvalue weighted by atomic mass is 79.9. The number of hydrogen-bond donors (Lipinski definition) is 0. The summed E-state index contributed by atoms with van der Waals surface area (Å²) in [6, 6.07) is 10.4. The van der Waals surface area contributed by atoms with Gasteiger partial charge >= 0.3 is 0 Å². The summed E-state index contributed by atoms with van der Waals surface area (Å²) in [6.45, 7) is 3.79. The number of benzene rings is 1. The average Bonchev–Trinajstić information content (AvgIpc) is 2.77. The van der Waals surface area contributed by atoms with E-state index in [1.54, 1.807) is 11.3 Å². The molecule has 0 unspecified atom stereocenters. The molecule has 0 aliphatic rings. The third-order valence-electron chi connectivity index (χ3n) is 2.36. The maximum absolute atomic E-state index is 4.20. The lowest BCUT2D eigenvalue weighted by atomic mass is 10.2. The van der Waals surface area contributed by atoms with E-state index >= 15 is 0 Å². The Hall–Kier alpha value is -0.940. The fraction of sp³-hybridized carbons (Fsp3) is 0.333. The number of alkyl halides is 1.